The van der Waals surface area contributed by atoms with Gasteiger partial charge in [-0.2, -0.15) is 0 Å². The number of aldehydes is 1. The van der Waals surface area contributed by atoms with Crippen molar-refractivity contribution in [1.29, 1.82) is 0 Å². The van der Waals surface area contributed by atoms with Gasteiger partial charge in [-0.25, -0.2) is 4.98 Å². The van der Waals surface area contributed by atoms with Crippen molar-refractivity contribution in [3.63, 3.8) is 0 Å². The molecule has 4 heteroatoms. The number of benzene rings is 1. The quantitative estimate of drug-likeness (QED) is 0.525. The van der Waals surface area contributed by atoms with Crippen molar-refractivity contribution in [2.24, 2.45) is 0 Å². The van der Waals surface area contributed by atoms with Gasteiger partial charge >= 0.3 is 0 Å². The molecule has 0 bridgehead atoms. The van der Waals surface area contributed by atoms with E-state index in [1.807, 2.05) is 43.3 Å². The normalized spacial score (nSPS) is 10.8. The molecule has 0 aliphatic carbocycles. The zero-order chi connectivity index (χ0) is 13.4. The monoisotopic (exact) mass is 270 g/mol. The van der Waals surface area contributed by atoms with Gasteiger partial charge in [-0.05, 0) is 19.1 Å². The summed E-state index contributed by atoms with van der Waals surface area (Å²) in [6.45, 7) is 2.02. The van der Waals surface area contributed by atoms with Crippen molar-refractivity contribution in [1.82, 2.24) is 9.38 Å². The fourth-order valence-electron chi connectivity index (χ4n) is 2.11. The van der Waals surface area contributed by atoms with Gasteiger partial charge in [-0.15, -0.1) is 0 Å². The third-order valence-corrected chi connectivity index (χ3v) is 3.36. The molecule has 0 atom stereocenters. The van der Waals surface area contributed by atoms with E-state index in [1.165, 1.54) is 0 Å². The largest absolute Gasteiger partial charge is 0.296 e. The molecule has 19 heavy (non-hydrogen) atoms. The maximum absolute atomic E-state index is 11.4. The van der Waals surface area contributed by atoms with Crippen LogP contribution in [0.3, 0.4) is 0 Å². The lowest BCUT2D eigenvalue weighted by molar-refractivity contribution is 0.111. The Labute approximate surface area is 115 Å². The summed E-state index contributed by atoms with van der Waals surface area (Å²) in [6, 6.07) is 13.3. The summed E-state index contributed by atoms with van der Waals surface area (Å²) in [5.74, 6) is 0. The molecule has 1 aromatic carbocycles. The predicted octanol–water partition coefficient (Wildman–Crippen LogP) is 3.78. The highest BCUT2D eigenvalue weighted by Crippen LogP contribution is 2.26. The topological polar surface area (TPSA) is 34.4 Å². The number of nitrogens with zero attached hydrogens (tertiary/aromatic N) is 2. The molecule has 0 saturated carbocycles. The van der Waals surface area contributed by atoms with Gasteiger partial charge in [0.15, 0.2) is 6.29 Å². The molecule has 0 unspecified atom stereocenters. The van der Waals surface area contributed by atoms with Crippen LogP contribution in [-0.2, 0) is 0 Å². The van der Waals surface area contributed by atoms with E-state index < -0.39 is 0 Å². The summed E-state index contributed by atoms with van der Waals surface area (Å²) < 4.78 is 1.66. The summed E-state index contributed by atoms with van der Waals surface area (Å²) in [5, 5.41) is 0.477. The van der Waals surface area contributed by atoms with Crippen molar-refractivity contribution in [2.45, 2.75) is 6.92 Å². The molecule has 3 aromatic rings. The number of halogens is 1. The molecule has 3 rings (SSSR count). The Morgan fingerprint density at radius 3 is 2.58 bits per heavy atom. The zero-order valence-electron chi connectivity index (χ0n) is 10.3. The number of carbonyl (C=O) groups excluding carboxylic acids is 1. The number of aromatic nitrogens is 2. The smallest absolute Gasteiger partial charge is 0.169 e. The highest BCUT2D eigenvalue weighted by atomic mass is 35.5. The first kappa shape index (κ1) is 11.9. The summed E-state index contributed by atoms with van der Waals surface area (Å²) in [4.78, 5) is 15.9. The molecule has 0 saturated heterocycles. The van der Waals surface area contributed by atoms with Crippen molar-refractivity contribution in [3.05, 3.63) is 58.9 Å². The van der Waals surface area contributed by atoms with E-state index in [0.29, 0.717) is 22.2 Å². The SMILES string of the molecule is Cc1ccc(-c2nc3cccc(Cl)n3c2C=O)cc1. The zero-order valence-corrected chi connectivity index (χ0v) is 11.1. The Bertz CT molecular complexity index is 760. The van der Waals surface area contributed by atoms with Crippen molar-refractivity contribution < 1.29 is 4.79 Å². The van der Waals surface area contributed by atoms with E-state index in [0.717, 1.165) is 17.4 Å². The second-order valence-corrected chi connectivity index (χ2v) is 4.76. The predicted molar refractivity (Wildman–Crippen MR) is 75.8 cm³/mol. The van der Waals surface area contributed by atoms with Crippen LogP contribution in [0.2, 0.25) is 5.15 Å². The van der Waals surface area contributed by atoms with E-state index in [4.69, 9.17) is 11.6 Å². The number of hydrogen-bond acceptors (Lipinski definition) is 2. The molecule has 3 nitrogen and oxygen atoms in total. The molecule has 0 aliphatic rings. The van der Waals surface area contributed by atoms with Crippen molar-refractivity contribution >= 4 is 23.5 Å². The number of rotatable bonds is 2. The van der Waals surface area contributed by atoms with Crippen LogP contribution in [0.5, 0.6) is 0 Å². The molecule has 0 N–H and O–H groups in total. The molecule has 94 valence electrons. The van der Waals surface area contributed by atoms with Crippen LogP contribution in [0.1, 0.15) is 16.1 Å². The Morgan fingerprint density at radius 1 is 1.16 bits per heavy atom. The minimum Gasteiger partial charge on any atom is -0.296 e. The molecule has 0 radical (unpaired) electrons. The Kier molecular flexibility index (Phi) is 2.84. The number of fused-ring (bicyclic) bond motifs is 1. The Morgan fingerprint density at radius 2 is 1.89 bits per heavy atom. The van der Waals surface area contributed by atoms with Crippen molar-refractivity contribution in [3.8, 4) is 11.3 Å². The molecule has 0 fully saturated rings. The Hall–Kier alpha value is -2.13. The summed E-state index contributed by atoms with van der Waals surface area (Å²) in [7, 11) is 0. The van der Waals surface area contributed by atoms with Gasteiger partial charge in [0, 0.05) is 5.56 Å². The maximum Gasteiger partial charge on any atom is 0.169 e. The summed E-state index contributed by atoms with van der Waals surface area (Å²) >= 11 is 6.13. The fraction of sp³-hybridized carbons (Fsp3) is 0.0667. The number of pyridine rings is 1. The second-order valence-electron chi connectivity index (χ2n) is 4.37. The molecule has 0 spiro atoms. The minimum atomic E-state index is 0.476. The summed E-state index contributed by atoms with van der Waals surface area (Å²) in [6.07, 6.45) is 0.793. The number of carbonyl (C=O) groups is 1. The molecule has 0 aliphatic heterocycles. The molecule has 2 heterocycles. The average Bonchev–Trinajstić information content (AvgIpc) is 2.79. The third-order valence-electron chi connectivity index (χ3n) is 3.07. The van der Waals surface area contributed by atoms with E-state index in [2.05, 4.69) is 4.98 Å². The lowest BCUT2D eigenvalue weighted by atomic mass is 10.1. The highest BCUT2D eigenvalue weighted by molar-refractivity contribution is 6.30. The fourth-order valence-corrected chi connectivity index (χ4v) is 2.36. The van der Waals surface area contributed by atoms with Crippen LogP contribution in [0.25, 0.3) is 16.9 Å². The van der Waals surface area contributed by atoms with Crippen LogP contribution < -0.4 is 0 Å². The number of imidazole rings is 1. The van der Waals surface area contributed by atoms with E-state index in [-0.39, 0.29) is 0 Å². The van der Waals surface area contributed by atoms with Gasteiger partial charge in [-0.3, -0.25) is 9.20 Å². The number of hydrogen-bond donors (Lipinski definition) is 0. The first-order valence-electron chi connectivity index (χ1n) is 5.90. The third kappa shape index (κ3) is 1.92. The van der Waals surface area contributed by atoms with Gasteiger partial charge < -0.3 is 0 Å². The van der Waals surface area contributed by atoms with Crippen LogP contribution in [0.4, 0.5) is 0 Å². The first-order valence-corrected chi connectivity index (χ1v) is 6.27. The van der Waals surface area contributed by atoms with Gasteiger partial charge in [0.25, 0.3) is 0 Å². The summed E-state index contributed by atoms with van der Waals surface area (Å²) in [5.41, 5.74) is 3.88. The highest BCUT2D eigenvalue weighted by Gasteiger charge is 2.14. The molecule has 0 amide bonds. The first-order chi connectivity index (χ1) is 9.20. The van der Waals surface area contributed by atoms with Gasteiger partial charge in [0.05, 0.1) is 0 Å². The minimum absolute atomic E-state index is 0.476. The second kappa shape index (κ2) is 4.52. The standard InChI is InChI=1S/C15H11ClN2O/c1-10-5-7-11(8-6-10)15-12(9-19)18-13(16)3-2-4-14(18)17-15/h2-9H,1H3. The van der Waals surface area contributed by atoms with Crippen LogP contribution >= 0.6 is 11.6 Å². The number of aryl methyl sites for hydroxylation is 1. The lowest BCUT2D eigenvalue weighted by Gasteiger charge is -2.00. The average molecular weight is 271 g/mol. The molecular weight excluding hydrogens is 260 g/mol. The van der Waals surface area contributed by atoms with Gasteiger partial charge in [-0.1, -0.05) is 47.5 Å². The molecule has 2 aromatic heterocycles. The van der Waals surface area contributed by atoms with Crippen molar-refractivity contribution in [2.75, 3.05) is 0 Å². The van der Waals surface area contributed by atoms with E-state index in [1.54, 1.807) is 10.5 Å². The van der Waals surface area contributed by atoms with Crippen LogP contribution in [-0.4, -0.2) is 15.7 Å². The van der Waals surface area contributed by atoms with Crippen LogP contribution in [0, 0.1) is 6.92 Å². The van der Waals surface area contributed by atoms with E-state index in [9.17, 15) is 4.79 Å². The van der Waals surface area contributed by atoms with Crippen LogP contribution in [0.15, 0.2) is 42.5 Å². The lowest BCUT2D eigenvalue weighted by Crippen LogP contribution is -1.93. The maximum atomic E-state index is 11.4. The van der Waals surface area contributed by atoms with E-state index >= 15 is 0 Å². The van der Waals surface area contributed by atoms with Gasteiger partial charge in [0.2, 0.25) is 0 Å². The molecular formula is C15H11ClN2O. The Balaban J connectivity index is 2.32. The van der Waals surface area contributed by atoms with Gasteiger partial charge in [0.1, 0.15) is 22.2 Å².